The first kappa shape index (κ1) is 21.8. The molecule has 2 saturated heterocycles. The number of nitro groups is 1. The molecule has 2 atom stereocenters. The Balaban J connectivity index is 1.65. The lowest BCUT2D eigenvalue weighted by molar-refractivity contribution is -0.384. The van der Waals surface area contributed by atoms with Crippen LogP contribution < -0.4 is 10.9 Å². The van der Waals surface area contributed by atoms with E-state index in [1.54, 1.807) is 0 Å². The Kier molecular flexibility index (Phi) is 5.62. The Morgan fingerprint density at radius 1 is 1.30 bits per heavy atom. The topological polar surface area (TPSA) is 139 Å². The first-order chi connectivity index (χ1) is 13.9. The van der Waals surface area contributed by atoms with E-state index in [-0.39, 0.29) is 36.1 Å². The number of nitrogens with one attached hydrogen (secondary N) is 2. The molecule has 2 fully saturated rings. The smallest absolute Gasteiger partial charge is 0.338 e. The summed E-state index contributed by atoms with van der Waals surface area (Å²) in [5, 5.41) is 11.1. The summed E-state index contributed by atoms with van der Waals surface area (Å²) in [6.45, 7) is -0.0123. The van der Waals surface area contributed by atoms with Crippen molar-refractivity contribution in [3.63, 3.8) is 0 Å². The van der Waals surface area contributed by atoms with Gasteiger partial charge in [-0.05, 0) is 18.6 Å². The quantitative estimate of drug-likeness (QED) is 0.506. The normalized spacial score (nSPS) is 23.4. The van der Waals surface area contributed by atoms with Gasteiger partial charge in [-0.15, -0.1) is 0 Å². The fraction of sp³-hybridized carbons (Fsp3) is 0.500. The zero-order valence-electron chi connectivity index (χ0n) is 15.3. The number of hydrazine groups is 1. The monoisotopic (exact) mass is 450 g/mol. The number of nitrogens with zero attached hydrogens (tertiary/aromatic N) is 2. The van der Waals surface area contributed by atoms with E-state index in [0.29, 0.717) is 18.6 Å². The number of benzene rings is 1. The number of halogens is 3. The van der Waals surface area contributed by atoms with Crippen LogP contribution in [0.5, 0.6) is 0 Å². The molecule has 3 rings (SSSR count). The second kappa shape index (κ2) is 7.74. The summed E-state index contributed by atoms with van der Waals surface area (Å²) in [7, 11) is -3.22. The van der Waals surface area contributed by atoms with Crippen molar-refractivity contribution in [3.05, 3.63) is 33.9 Å². The van der Waals surface area contributed by atoms with Crippen LogP contribution in [0.1, 0.15) is 18.4 Å². The van der Waals surface area contributed by atoms with Gasteiger partial charge in [-0.25, -0.2) is 8.42 Å². The summed E-state index contributed by atoms with van der Waals surface area (Å²) in [6.07, 6.45) is -4.65. The highest BCUT2D eigenvalue weighted by Gasteiger charge is 2.42. The number of anilines is 1. The van der Waals surface area contributed by atoms with Crippen molar-refractivity contribution in [3.8, 4) is 0 Å². The van der Waals surface area contributed by atoms with Crippen molar-refractivity contribution >= 4 is 33.0 Å². The summed E-state index contributed by atoms with van der Waals surface area (Å²) >= 11 is 0. The Labute approximate surface area is 168 Å². The van der Waals surface area contributed by atoms with Crippen LogP contribution in [0.25, 0.3) is 0 Å². The van der Waals surface area contributed by atoms with E-state index in [2.05, 4.69) is 10.9 Å². The maximum absolute atomic E-state index is 12.7. The van der Waals surface area contributed by atoms with Gasteiger partial charge >= 0.3 is 6.18 Å². The van der Waals surface area contributed by atoms with Gasteiger partial charge in [-0.2, -0.15) is 13.2 Å². The Morgan fingerprint density at radius 2 is 2.00 bits per heavy atom. The van der Waals surface area contributed by atoms with Crippen molar-refractivity contribution in [1.29, 1.82) is 0 Å². The third-order valence-corrected chi connectivity index (χ3v) is 6.77. The molecule has 2 aliphatic rings. The number of nitro benzene ring substituents is 1. The van der Waals surface area contributed by atoms with Crippen molar-refractivity contribution in [2.45, 2.75) is 25.1 Å². The molecular weight excluding hydrogens is 433 g/mol. The number of sulfone groups is 1. The molecule has 2 N–H and O–H groups in total. The molecule has 0 aromatic heterocycles. The maximum Gasteiger partial charge on any atom is 0.416 e. The first-order valence-electron chi connectivity index (χ1n) is 8.79. The number of alkyl halides is 3. The average Bonchev–Trinajstić information content (AvgIpc) is 3.20. The number of amides is 2. The lowest BCUT2D eigenvalue weighted by Gasteiger charge is -2.23. The zero-order chi connectivity index (χ0) is 22.3. The maximum atomic E-state index is 12.7. The Morgan fingerprint density at radius 3 is 2.57 bits per heavy atom. The van der Waals surface area contributed by atoms with Gasteiger partial charge in [-0.1, -0.05) is 0 Å². The summed E-state index contributed by atoms with van der Waals surface area (Å²) in [6, 6.07) is 1.29. The fourth-order valence-electron chi connectivity index (χ4n) is 3.48. The molecule has 0 radical (unpaired) electrons. The van der Waals surface area contributed by atoms with Crippen molar-refractivity contribution in [1.82, 2.24) is 10.3 Å². The van der Waals surface area contributed by atoms with E-state index in [0.717, 1.165) is 6.07 Å². The van der Waals surface area contributed by atoms with E-state index < -0.39 is 50.1 Å². The summed E-state index contributed by atoms with van der Waals surface area (Å²) in [5.41, 5.74) is 1.94. The standard InChI is InChI=1S/C16H17F3N4O6S/c17-16(18,19)10-1-2-12(13(6-10)23(26)27)20-21-15(25)9-5-14(24)22(7-9)11-3-4-30(28,29)8-11/h1-2,6,9,11,20H,3-5,7-8H2,(H,21,25). The molecule has 2 heterocycles. The molecule has 0 spiro atoms. The van der Waals surface area contributed by atoms with Crippen molar-refractivity contribution < 1.29 is 36.1 Å². The lowest BCUT2D eigenvalue weighted by Crippen LogP contribution is -2.40. The molecule has 10 nitrogen and oxygen atoms in total. The Hall–Kier alpha value is -2.90. The van der Waals surface area contributed by atoms with Crippen LogP contribution in [-0.2, 0) is 25.6 Å². The van der Waals surface area contributed by atoms with Crippen LogP contribution in [0, 0.1) is 16.0 Å². The van der Waals surface area contributed by atoms with Crippen molar-refractivity contribution in [2.75, 3.05) is 23.5 Å². The molecular formula is C16H17F3N4O6S. The van der Waals surface area contributed by atoms with Crippen LogP contribution in [-0.4, -0.2) is 54.1 Å². The second-order valence-electron chi connectivity index (χ2n) is 7.11. The Bertz CT molecular complexity index is 997. The third kappa shape index (κ3) is 4.63. The van der Waals surface area contributed by atoms with Gasteiger partial charge in [0.25, 0.3) is 5.69 Å². The van der Waals surface area contributed by atoms with Crippen LogP contribution in [0.15, 0.2) is 18.2 Å². The molecule has 2 aliphatic heterocycles. The number of rotatable bonds is 5. The van der Waals surface area contributed by atoms with Crippen LogP contribution >= 0.6 is 0 Å². The van der Waals surface area contributed by atoms with Gasteiger partial charge in [0, 0.05) is 25.1 Å². The molecule has 30 heavy (non-hydrogen) atoms. The van der Waals surface area contributed by atoms with Gasteiger partial charge in [-0.3, -0.25) is 30.6 Å². The predicted molar refractivity (Wildman–Crippen MR) is 96.7 cm³/mol. The highest BCUT2D eigenvalue weighted by Crippen LogP contribution is 2.35. The van der Waals surface area contributed by atoms with Gasteiger partial charge in [0.1, 0.15) is 5.69 Å². The average molecular weight is 450 g/mol. The number of carbonyl (C=O) groups excluding carboxylic acids is 2. The van der Waals surface area contributed by atoms with E-state index in [1.165, 1.54) is 4.90 Å². The fourth-order valence-corrected chi connectivity index (χ4v) is 5.21. The minimum atomic E-state index is -4.77. The molecule has 2 amide bonds. The summed E-state index contributed by atoms with van der Waals surface area (Å²) in [5.74, 6) is -2.10. The van der Waals surface area contributed by atoms with Crippen LogP contribution in [0.3, 0.4) is 0 Å². The molecule has 14 heteroatoms. The van der Waals surface area contributed by atoms with Gasteiger partial charge in [0.15, 0.2) is 9.84 Å². The minimum absolute atomic E-state index is 0.0123. The van der Waals surface area contributed by atoms with E-state index >= 15 is 0 Å². The lowest BCUT2D eigenvalue weighted by atomic mass is 10.1. The highest BCUT2D eigenvalue weighted by molar-refractivity contribution is 7.91. The van der Waals surface area contributed by atoms with E-state index in [4.69, 9.17) is 0 Å². The number of hydrogen-bond donors (Lipinski definition) is 2. The zero-order valence-corrected chi connectivity index (χ0v) is 16.1. The summed E-state index contributed by atoms with van der Waals surface area (Å²) < 4.78 is 61.4. The minimum Gasteiger partial charge on any atom is -0.338 e. The molecule has 2 unspecified atom stereocenters. The molecule has 1 aromatic rings. The molecule has 164 valence electrons. The molecule has 1 aromatic carbocycles. The van der Waals surface area contributed by atoms with Crippen LogP contribution in [0.4, 0.5) is 24.5 Å². The van der Waals surface area contributed by atoms with E-state index in [9.17, 15) is 41.3 Å². The third-order valence-electron chi connectivity index (χ3n) is 5.02. The largest absolute Gasteiger partial charge is 0.416 e. The first-order valence-corrected chi connectivity index (χ1v) is 10.6. The summed E-state index contributed by atoms with van der Waals surface area (Å²) in [4.78, 5) is 35.9. The van der Waals surface area contributed by atoms with E-state index in [1.807, 2.05) is 0 Å². The SMILES string of the molecule is O=C(NNc1ccc(C(F)(F)F)cc1[N+](=O)[O-])C1CC(=O)N(C2CCS(=O)(=O)C2)C1. The van der Waals surface area contributed by atoms with Crippen molar-refractivity contribution in [2.24, 2.45) is 5.92 Å². The number of hydrogen-bond acceptors (Lipinski definition) is 7. The van der Waals surface area contributed by atoms with Gasteiger partial charge in [0.05, 0.1) is 27.9 Å². The number of likely N-dealkylation sites (tertiary alicyclic amines) is 1. The number of carbonyl (C=O) groups is 2. The molecule has 0 aliphatic carbocycles. The van der Waals surface area contributed by atoms with Gasteiger partial charge in [0.2, 0.25) is 11.8 Å². The molecule has 0 saturated carbocycles. The van der Waals surface area contributed by atoms with Crippen LogP contribution in [0.2, 0.25) is 0 Å². The highest BCUT2D eigenvalue weighted by atomic mass is 32.2. The van der Waals surface area contributed by atoms with Gasteiger partial charge < -0.3 is 4.90 Å². The molecule has 0 bridgehead atoms. The predicted octanol–water partition coefficient (Wildman–Crippen LogP) is 1.09. The second-order valence-corrected chi connectivity index (χ2v) is 9.33.